The highest BCUT2D eigenvalue weighted by atomic mass is 35.5. The highest BCUT2D eigenvalue weighted by Gasteiger charge is 2.11. The van der Waals surface area contributed by atoms with Crippen LogP contribution in [0.3, 0.4) is 0 Å². The number of aromatic nitrogens is 2. The van der Waals surface area contributed by atoms with E-state index in [4.69, 9.17) is 11.6 Å². The molecule has 0 amide bonds. The Morgan fingerprint density at radius 1 is 1.37 bits per heavy atom. The summed E-state index contributed by atoms with van der Waals surface area (Å²) < 4.78 is 15.0. The standard InChI is InChI=1S/C14H17ClFN3/c1-9-12(7-17-3)10(2)19(18-9)8-11-4-5-14(16)13(15)6-11/h4-6,17H,7-8H2,1-3H3. The molecule has 1 aromatic carbocycles. The molecule has 0 radical (unpaired) electrons. The first-order valence-electron chi connectivity index (χ1n) is 6.14. The summed E-state index contributed by atoms with van der Waals surface area (Å²) in [5.74, 6) is -0.394. The lowest BCUT2D eigenvalue weighted by Crippen LogP contribution is -2.08. The summed E-state index contributed by atoms with van der Waals surface area (Å²) in [6.45, 7) is 5.42. The Hall–Kier alpha value is -1.39. The number of nitrogens with one attached hydrogen (secondary N) is 1. The van der Waals surface area contributed by atoms with Gasteiger partial charge in [-0.2, -0.15) is 5.10 Å². The minimum atomic E-state index is -0.394. The molecule has 0 atom stereocenters. The summed E-state index contributed by atoms with van der Waals surface area (Å²) in [5.41, 5.74) is 4.27. The lowest BCUT2D eigenvalue weighted by Gasteiger charge is -2.06. The molecule has 1 aromatic heterocycles. The number of nitrogens with zero attached hydrogens (tertiary/aromatic N) is 2. The number of rotatable bonds is 4. The van der Waals surface area contributed by atoms with Crippen molar-refractivity contribution < 1.29 is 4.39 Å². The van der Waals surface area contributed by atoms with Gasteiger partial charge in [0.2, 0.25) is 0 Å². The predicted molar refractivity (Wildman–Crippen MR) is 75.0 cm³/mol. The maximum Gasteiger partial charge on any atom is 0.141 e. The molecule has 0 spiro atoms. The van der Waals surface area contributed by atoms with E-state index in [1.54, 1.807) is 12.1 Å². The molecule has 0 saturated carbocycles. The summed E-state index contributed by atoms with van der Waals surface area (Å²) in [6, 6.07) is 4.76. The maximum absolute atomic E-state index is 13.1. The van der Waals surface area contributed by atoms with Crippen molar-refractivity contribution >= 4 is 11.6 Å². The molecule has 2 rings (SSSR count). The van der Waals surface area contributed by atoms with Crippen LogP contribution in [0, 0.1) is 19.7 Å². The van der Waals surface area contributed by atoms with Gasteiger partial charge in [-0.3, -0.25) is 4.68 Å². The van der Waals surface area contributed by atoms with Gasteiger partial charge in [0.15, 0.2) is 0 Å². The predicted octanol–water partition coefficient (Wildman–Crippen LogP) is 3.06. The topological polar surface area (TPSA) is 29.9 Å². The quantitative estimate of drug-likeness (QED) is 0.933. The van der Waals surface area contributed by atoms with Crippen LogP contribution in [0.1, 0.15) is 22.5 Å². The molecule has 0 aliphatic carbocycles. The van der Waals surface area contributed by atoms with E-state index >= 15 is 0 Å². The molecule has 2 aromatic rings. The van der Waals surface area contributed by atoms with Crippen molar-refractivity contribution in [3.05, 3.63) is 51.6 Å². The average Bonchev–Trinajstić information content (AvgIpc) is 2.62. The molecular weight excluding hydrogens is 265 g/mol. The van der Waals surface area contributed by atoms with Gasteiger partial charge in [-0.15, -0.1) is 0 Å². The fourth-order valence-electron chi connectivity index (χ4n) is 2.13. The van der Waals surface area contributed by atoms with Crippen LogP contribution in [0.5, 0.6) is 0 Å². The van der Waals surface area contributed by atoms with Crippen molar-refractivity contribution in [3.63, 3.8) is 0 Å². The minimum Gasteiger partial charge on any atom is -0.316 e. The van der Waals surface area contributed by atoms with Gasteiger partial charge >= 0.3 is 0 Å². The van der Waals surface area contributed by atoms with Gasteiger partial charge in [0.1, 0.15) is 5.82 Å². The van der Waals surface area contributed by atoms with Crippen LogP contribution in [0.2, 0.25) is 5.02 Å². The van der Waals surface area contributed by atoms with Crippen molar-refractivity contribution in [2.75, 3.05) is 7.05 Å². The lowest BCUT2D eigenvalue weighted by atomic mass is 10.2. The Bertz CT molecular complexity index is 593. The molecule has 0 saturated heterocycles. The molecule has 0 aliphatic heterocycles. The number of aryl methyl sites for hydroxylation is 1. The highest BCUT2D eigenvalue weighted by Crippen LogP contribution is 2.19. The zero-order valence-electron chi connectivity index (χ0n) is 11.3. The Kier molecular flexibility index (Phi) is 4.22. The molecule has 0 aliphatic rings. The van der Waals surface area contributed by atoms with Crippen LogP contribution in [0.4, 0.5) is 4.39 Å². The SMILES string of the molecule is CNCc1c(C)nn(Cc2ccc(F)c(Cl)c2)c1C. The van der Waals surface area contributed by atoms with Crippen LogP contribution in [0.25, 0.3) is 0 Å². The normalized spacial score (nSPS) is 11.0. The van der Waals surface area contributed by atoms with E-state index in [0.29, 0.717) is 6.54 Å². The molecule has 5 heteroatoms. The Morgan fingerprint density at radius 3 is 2.74 bits per heavy atom. The summed E-state index contributed by atoms with van der Waals surface area (Å²) in [6.07, 6.45) is 0. The van der Waals surface area contributed by atoms with Crippen LogP contribution < -0.4 is 5.32 Å². The molecule has 102 valence electrons. The van der Waals surface area contributed by atoms with E-state index in [1.807, 2.05) is 25.6 Å². The second-order valence-electron chi connectivity index (χ2n) is 4.59. The van der Waals surface area contributed by atoms with E-state index < -0.39 is 5.82 Å². The Labute approximate surface area is 117 Å². The van der Waals surface area contributed by atoms with Gasteiger partial charge in [-0.05, 0) is 38.6 Å². The average molecular weight is 282 g/mol. The first-order valence-corrected chi connectivity index (χ1v) is 6.52. The molecule has 0 bridgehead atoms. The van der Waals surface area contributed by atoms with Crippen molar-refractivity contribution in [3.8, 4) is 0 Å². The van der Waals surface area contributed by atoms with Crippen LogP contribution in [0.15, 0.2) is 18.2 Å². The first-order chi connectivity index (χ1) is 9.02. The lowest BCUT2D eigenvalue weighted by molar-refractivity contribution is 0.622. The summed E-state index contributed by atoms with van der Waals surface area (Å²) in [7, 11) is 1.91. The van der Waals surface area contributed by atoms with Crippen LogP contribution in [-0.2, 0) is 13.1 Å². The summed E-state index contributed by atoms with van der Waals surface area (Å²) >= 11 is 5.79. The van der Waals surface area contributed by atoms with Gasteiger partial charge in [0, 0.05) is 17.8 Å². The Balaban J connectivity index is 2.28. The van der Waals surface area contributed by atoms with Gasteiger partial charge in [-0.25, -0.2) is 4.39 Å². The zero-order chi connectivity index (χ0) is 14.0. The van der Waals surface area contributed by atoms with E-state index in [-0.39, 0.29) is 5.02 Å². The van der Waals surface area contributed by atoms with Crippen molar-refractivity contribution in [1.29, 1.82) is 0 Å². The van der Waals surface area contributed by atoms with Crippen molar-refractivity contribution in [2.24, 2.45) is 0 Å². The smallest absolute Gasteiger partial charge is 0.141 e. The first kappa shape index (κ1) is 14.0. The third kappa shape index (κ3) is 2.96. The summed E-state index contributed by atoms with van der Waals surface area (Å²) in [5, 5.41) is 7.80. The van der Waals surface area contributed by atoms with Crippen molar-refractivity contribution in [1.82, 2.24) is 15.1 Å². The molecule has 3 nitrogen and oxygen atoms in total. The zero-order valence-corrected chi connectivity index (χ0v) is 12.1. The number of halogens is 2. The maximum atomic E-state index is 13.1. The van der Waals surface area contributed by atoms with Crippen LogP contribution >= 0.6 is 11.6 Å². The van der Waals surface area contributed by atoms with Gasteiger partial charge < -0.3 is 5.32 Å². The fourth-order valence-corrected chi connectivity index (χ4v) is 2.33. The minimum absolute atomic E-state index is 0.148. The van der Waals surface area contributed by atoms with Gasteiger partial charge in [0.25, 0.3) is 0 Å². The van der Waals surface area contributed by atoms with Gasteiger partial charge in [0.05, 0.1) is 17.3 Å². The fraction of sp³-hybridized carbons (Fsp3) is 0.357. The highest BCUT2D eigenvalue weighted by molar-refractivity contribution is 6.30. The number of hydrogen-bond donors (Lipinski definition) is 1. The molecular formula is C14H17ClFN3. The number of benzene rings is 1. The van der Waals surface area contributed by atoms with Crippen LogP contribution in [-0.4, -0.2) is 16.8 Å². The van der Waals surface area contributed by atoms with Gasteiger partial charge in [-0.1, -0.05) is 17.7 Å². The van der Waals surface area contributed by atoms with Crippen molar-refractivity contribution in [2.45, 2.75) is 26.9 Å². The number of hydrogen-bond acceptors (Lipinski definition) is 2. The van der Waals surface area contributed by atoms with E-state index in [2.05, 4.69) is 10.4 Å². The molecule has 1 N–H and O–H groups in total. The molecule has 0 fully saturated rings. The summed E-state index contributed by atoms with van der Waals surface area (Å²) in [4.78, 5) is 0. The third-order valence-electron chi connectivity index (χ3n) is 3.20. The molecule has 1 heterocycles. The molecule has 19 heavy (non-hydrogen) atoms. The Morgan fingerprint density at radius 2 is 2.11 bits per heavy atom. The second-order valence-corrected chi connectivity index (χ2v) is 4.99. The monoisotopic (exact) mass is 281 g/mol. The molecule has 0 unspecified atom stereocenters. The second kappa shape index (κ2) is 5.72. The van der Waals surface area contributed by atoms with E-state index in [0.717, 1.165) is 23.5 Å². The van der Waals surface area contributed by atoms with E-state index in [9.17, 15) is 4.39 Å². The largest absolute Gasteiger partial charge is 0.316 e. The van der Waals surface area contributed by atoms with E-state index in [1.165, 1.54) is 11.6 Å². The third-order valence-corrected chi connectivity index (χ3v) is 3.49.